The van der Waals surface area contributed by atoms with Crippen LogP contribution in [-0.4, -0.2) is 60.9 Å². The molecule has 3 amide bonds. The molecule has 48 heavy (non-hydrogen) atoms. The van der Waals surface area contributed by atoms with Crippen molar-refractivity contribution in [3.63, 3.8) is 0 Å². The first-order chi connectivity index (χ1) is 23.2. The number of nitrogens with two attached hydrogens (primary N) is 2. The predicted molar refractivity (Wildman–Crippen MR) is 188 cm³/mol. The Morgan fingerprint density at radius 2 is 1.33 bits per heavy atom. The number of hydrogen-bond acceptors (Lipinski definition) is 5. The van der Waals surface area contributed by atoms with Gasteiger partial charge in [0.15, 0.2) is 0 Å². The van der Waals surface area contributed by atoms with E-state index in [0.29, 0.717) is 32.4 Å². The molecule has 8 heteroatoms. The van der Waals surface area contributed by atoms with Crippen LogP contribution in [0.5, 0.6) is 0 Å². The zero-order chi connectivity index (χ0) is 33.3. The van der Waals surface area contributed by atoms with E-state index in [2.05, 4.69) is 22.8 Å². The lowest BCUT2D eigenvalue weighted by molar-refractivity contribution is -0.143. The highest BCUT2D eigenvalue weighted by atomic mass is 16.2. The third-order valence-electron chi connectivity index (χ3n) is 13.6. The van der Waals surface area contributed by atoms with Gasteiger partial charge in [-0.3, -0.25) is 14.4 Å². The Hall–Kier alpha value is -2.45. The summed E-state index contributed by atoms with van der Waals surface area (Å²) >= 11 is 0. The molecule has 6 N–H and O–H groups in total. The third-order valence-corrected chi connectivity index (χ3v) is 13.6. The molecule has 8 fully saturated rings. The second-order valence-corrected chi connectivity index (χ2v) is 17.8. The number of nitrogens with zero attached hydrogens (tertiary/aromatic N) is 1. The highest BCUT2D eigenvalue weighted by Gasteiger charge is 2.53. The maximum absolute atomic E-state index is 14.5. The van der Waals surface area contributed by atoms with Crippen molar-refractivity contribution < 1.29 is 14.4 Å². The number of carbonyl (C=O) groups excluding carboxylic acids is 3. The summed E-state index contributed by atoms with van der Waals surface area (Å²) in [7, 11) is 0. The highest BCUT2D eigenvalue weighted by Crippen LogP contribution is 2.62. The Morgan fingerprint density at radius 3 is 1.88 bits per heavy atom. The maximum Gasteiger partial charge on any atom is 0.239 e. The summed E-state index contributed by atoms with van der Waals surface area (Å²) in [4.78, 5) is 43.4. The highest BCUT2D eigenvalue weighted by molar-refractivity contribution is 5.85. The van der Waals surface area contributed by atoms with Crippen molar-refractivity contribution in [2.75, 3.05) is 26.2 Å². The van der Waals surface area contributed by atoms with Crippen molar-refractivity contribution in [3.05, 3.63) is 35.9 Å². The van der Waals surface area contributed by atoms with Crippen molar-refractivity contribution in [2.45, 2.75) is 121 Å². The van der Waals surface area contributed by atoms with Crippen molar-refractivity contribution in [1.29, 1.82) is 0 Å². The van der Waals surface area contributed by atoms with E-state index in [0.717, 1.165) is 79.7 Å². The summed E-state index contributed by atoms with van der Waals surface area (Å²) < 4.78 is 0. The van der Waals surface area contributed by atoms with Gasteiger partial charge >= 0.3 is 0 Å². The van der Waals surface area contributed by atoms with E-state index >= 15 is 0 Å². The van der Waals surface area contributed by atoms with Gasteiger partial charge in [-0.2, -0.15) is 0 Å². The fraction of sp³-hybridized carbons (Fsp3) is 0.775. The lowest BCUT2D eigenvalue weighted by Crippen LogP contribution is -2.55. The smallest absolute Gasteiger partial charge is 0.239 e. The minimum atomic E-state index is -0.630. The first kappa shape index (κ1) is 34.0. The van der Waals surface area contributed by atoms with Gasteiger partial charge in [0, 0.05) is 19.5 Å². The van der Waals surface area contributed by atoms with Crippen LogP contribution in [0.1, 0.15) is 108 Å². The van der Waals surface area contributed by atoms with Crippen LogP contribution in [0.25, 0.3) is 0 Å². The van der Waals surface area contributed by atoms with Gasteiger partial charge in [0.25, 0.3) is 0 Å². The van der Waals surface area contributed by atoms with Crippen LogP contribution in [-0.2, 0) is 20.8 Å². The third kappa shape index (κ3) is 7.96. The first-order valence-electron chi connectivity index (χ1n) is 19.5. The van der Waals surface area contributed by atoms with Crippen LogP contribution in [0.15, 0.2) is 30.3 Å². The molecule has 9 rings (SSSR count). The van der Waals surface area contributed by atoms with E-state index in [4.69, 9.17) is 11.5 Å². The quantitative estimate of drug-likeness (QED) is 0.187. The van der Waals surface area contributed by atoms with Crippen LogP contribution in [0.3, 0.4) is 0 Å². The van der Waals surface area contributed by atoms with Gasteiger partial charge in [0.1, 0.15) is 0 Å². The van der Waals surface area contributed by atoms with Crippen molar-refractivity contribution in [2.24, 2.45) is 57.8 Å². The monoisotopic (exact) mass is 659 g/mol. The number of carbonyl (C=O) groups is 3. The van der Waals surface area contributed by atoms with Gasteiger partial charge in [-0.1, -0.05) is 36.8 Å². The summed E-state index contributed by atoms with van der Waals surface area (Å²) in [6.07, 6.45) is 18.6. The van der Waals surface area contributed by atoms with Crippen molar-refractivity contribution in [1.82, 2.24) is 15.5 Å². The second kappa shape index (κ2) is 14.4. The van der Waals surface area contributed by atoms with E-state index in [1.54, 1.807) is 4.90 Å². The fourth-order valence-electron chi connectivity index (χ4n) is 12.5. The molecule has 1 aromatic carbocycles. The molecule has 264 valence electrons. The summed E-state index contributed by atoms with van der Waals surface area (Å²) in [5.41, 5.74) is 13.4. The molecule has 0 aromatic heterocycles. The molecule has 0 radical (unpaired) electrons. The largest absolute Gasteiger partial charge is 0.354 e. The molecule has 0 saturated heterocycles. The minimum Gasteiger partial charge on any atom is -0.354 e. The molecular formula is C40H61N5O3. The van der Waals surface area contributed by atoms with Gasteiger partial charge in [0.05, 0.1) is 18.6 Å². The molecule has 2 atom stereocenters. The molecule has 0 spiro atoms. The predicted octanol–water partition coefficient (Wildman–Crippen LogP) is 4.94. The molecule has 0 unspecified atom stereocenters. The molecule has 0 aliphatic heterocycles. The lowest BCUT2D eigenvalue weighted by atomic mass is 9.49. The van der Waals surface area contributed by atoms with Crippen LogP contribution in [0.2, 0.25) is 0 Å². The standard InChI is InChI=1S/C40H61N5O3/c41-9-5-4-8-35(42)38(48)44-34(16-27-6-2-1-3-7-27)24-45(37(47)23-39-17-28-10-29(18-39)12-30(11-28)19-39)25-36(46)43-26-40-20-31-13-32(21-40)15-33(14-31)22-40/h1-3,6-7,28-35H,4-5,8-26,41-42H2,(H,43,46)(H,44,48)/t28?,29?,30?,31?,32?,33?,34-,35-,39?,40?/m0/s1. The zero-order valence-electron chi connectivity index (χ0n) is 29.2. The minimum absolute atomic E-state index is 0.0429. The average molecular weight is 660 g/mol. The summed E-state index contributed by atoms with van der Waals surface area (Å²) in [6, 6.07) is 9.12. The lowest BCUT2D eigenvalue weighted by Gasteiger charge is -2.57. The van der Waals surface area contributed by atoms with E-state index in [1.807, 2.05) is 18.2 Å². The number of rotatable bonds is 16. The van der Waals surface area contributed by atoms with Crippen LogP contribution < -0.4 is 22.1 Å². The molecule has 1 aromatic rings. The van der Waals surface area contributed by atoms with E-state index in [1.165, 1.54) is 57.8 Å². The molecule has 0 heterocycles. The van der Waals surface area contributed by atoms with E-state index in [-0.39, 0.29) is 41.1 Å². The molecular weight excluding hydrogens is 598 g/mol. The number of hydrogen-bond donors (Lipinski definition) is 4. The number of amides is 3. The topological polar surface area (TPSA) is 131 Å². The van der Waals surface area contributed by atoms with Crippen molar-refractivity contribution in [3.8, 4) is 0 Å². The first-order valence-corrected chi connectivity index (χ1v) is 19.5. The summed E-state index contributed by atoms with van der Waals surface area (Å²) in [5, 5.41) is 6.56. The van der Waals surface area contributed by atoms with Crippen LogP contribution in [0, 0.1) is 46.3 Å². The molecule has 8 saturated carbocycles. The normalized spacial score (nSPS) is 35.3. The van der Waals surface area contributed by atoms with Gasteiger partial charge in [0.2, 0.25) is 17.7 Å². The Morgan fingerprint density at radius 1 is 0.792 bits per heavy atom. The summed E-state index contributed by atoms with van der Waals surface area (Å²) in [5.74, 6) is 4.56. The molecule has 8 aliphatic rings. The van der Waals surface area contributed by atoms with Crippen LogP contribution >= 0.6 is 0 Å². The number of benzene rings is 1. The molecule has 8 nitrogen and oxygen atoms in total. The van der Waals surface area contributed by atoms with Gasteiger partial charge in [-0.25, -0.2) is 0 Å². The molecule has 8 bridgehead atoms. The van der Waals surface area contributed by atoms with Crippen LogP contribution in [0.4, 0.5) is 0 Å². The Balaban J connectivity index is 1.06. The zero-order valence-corrected chi connectivity index (χ0v) is 29.2. The Labute approximate surface area is 288 Å². The average Bonchev–Trinajstić information content (AvgIpc) is 3.02. The van der Waals surface area contributed by atoms with Gasteiger partial charge in [-0.05, 0) is 155 Å². The Kier molecular flexibility index (Phi) is 10.2. The molecule has 8 aliphatic carbocycles. The fourth-order valence-corrected chi connectivity index (χ4v) is 12.5. The number of unbranched alkanes of at least 4 members (excludes halogenated alkanes) is 1. The summed E-state index contributed by atoms with van der Waals surface area (Å²) in [6.45, 7) is 1.65. The van der Waals surface area contributed by atoms with Gasteiger partial charge in [-0.15, -0.1) is 0 Å². The van der Waals surface area contributed by atoms with E-state index in [9.17, 15) is 14.4 Å². The SMILES string of the molecule is NCCCC[C@H](N)C(=O)N[C@@H](Cc1ccccc1)CN(CC(=O)NCC12CC3CC(CC(C3)C1)C2)C(=O)CC12CC3CC(CC(C3)C1)C2. The second-order valence-electron chi connectivity index (χ2n) is 17.8. The van der Waals surface area contributed by atoms with E-state index < -0.39 is 6.04 Å². The Bertz CT molecular complexity index is 1230. The number of nitrogens with one attached hydrogen (secondary N) is 2. The maximum atomic E-state index is 14.5. The van der Waals surface area contributed by atoms with Gasteiger partial charge < -0.3 is 27.0 Å². The van der Waals surface area contributed by atoms with Crippen molar-refractivity contribution >= 4 is 17.7 Å².